The number of benzene rings is 3. The first-order chi connectivity index (χ1) is 14.1. The molecule has 0 heterocycles. The number of carbonyl (C=O) groups excluding carboxylic acids is 2. The van der Waals surface area contributed by atoms with E-state index < -0.39 is 17.9 Å². The van der Waals surface area contributed by atoms with Crippen molar-refractivity contribution in [2.24, 2.45) is 4.99 Å². The average molecular weight is 388 g/mol. The molecule has 0 radical (unpaired) electrons. The number of ether oxygens (including phenoxy) is 1. The summed E-state index contributed by atoms with van der Waals surface area (Å²) in [7, 11) is 1.27. The SMILES string of the molecule is COC(=O)[C@H](NC(=O)c1ccccc1N=Cc1ccccc1O)c1ccccc1. The molecule has 6 heteroatoms. The Morgan fingerprint density at radius 3 is 2.34 bits per heavy atom. The second-order valence-electron chi connectivity index (χ2n) is 6.17. The van der Waals surface area contributed by atoms with Gasteiger partial charge in [-0.15, -0.1) is 0 Å². The summed E-state index contributed by atoms with van der Waals surface area (Å²) in [4.78, 5) is 29.5. The molecule has 0 saturated carbocycles. The Hall–Kier alpha value is -3.93. The summed E-state index contributed by atoms with van der Waals surface area (Å²) < 4.78 is 4.84. The van der Waals surface area contributed by atoms with Crippen molar-refractivity contribution in [1.82, 2.24) is 5.32 Å². The van der Waals surface area contributed by atoms with Gasteiger partial charge < -0.3 is 15.2 Å². The van der Waals surface area contributed by atoms with Crippen LogP contribution in [0.5, 0.6) is 5.75 Å². The highest BCUT2D eigenvalue weighted by Gasteiger charge is 2.24. The molecule has 0 unspecified atom stereocenters. The van der Waals surface area contributed by atoms with Crippen molar-refractivity contribution in [3.05, 3.63) is 95.6 Å². The van der Waals surface area contributed by atoms with Gasteiger partial charge in [0.15, 0.2) is 6.04 Å². The second kappa shape index (κ2) is 9.32. The molecule has 3 aromatic rings. The Morgan fingerprint density at radius 2 is 1.62 bits per heavy atom. The fourth-order valence-corrected chi connectivity index (χ4v) is 2.76. The lowest BCUT2D eigenvalue weighted by molar-refractivity contribution is -0.143. The third kappa shape index (κ3) is 4.87. The number of phenolic OH excluding ortho intramolecular Hbond substituents is 1. The zero-order chi connectivity index (χ0) is 20.6. The number of aliphatic imine (C=N–C) groups is 1. The lowest BCUT2D eigenvalue weighted by Gasteiger charge is -2.17. The van der Waals surface area contributed by atoms with Gasteiger partial charge in [-0.3, -0.25) is 9.79 Å². The lowest BCUT2D eigenvalue weighted by atomic mass is 10.1. The molecule has 0 aliphatic rings. The van der Waals surface area contributed by atoms with Crippen LogP contribution in [0.1, 0.15) is 27.5 Å². The summed E-state index contributed by atoms with van der Waals surface area (Å²) in [5.74, 6) is -0.943. The van der Waals surface area contributed by atoms with Crippen LogP contribution in [0.3, 0.4) is 0 Å². The first kappa shape index (κ1) is 19.8. The van der Waals surface area contributed by atoms with E-state index in [0.29, 0.717) is 22.4 Å². The highest BCUT2D eigenvalue weighted by molar-refractivity contribution is 6.02. The quantitative estimate of drug-likeness (QED) is 0.497. The van der Waals surface area contributed by atoms with E-state index in [0.717, 1.165) is 0 Å². The van der Waals surface area contributed by atoms with Gasteiger partial charge in [-0.05, 0) is 29.8 Å². The van der Waals surface area contributed by atoms with Gasteiger partial charge in [0.25, 0.3) is 5.91 Å². The number of nitrogens with zero attached hydrogens (tertiary/aromatic N) is 1. The molecule has 3 rings (SSSR count). The Kier molecular flexibility index (Phi) is 6.37. The molecule has 0 bridgehead atoms. The maximum Gasteiger partial charge on any atom is 0.333 e. The molecule has 1 amide bonds. The molecular weight excluding hydrogens is 368 g/mol. The van der Waals surface area contributed by atoms with Gasteiger partial charge >= 0.3 is 5.97 Å². The molecule has 0 spiro atoms. The highest BCUT2D eigenvalue weighted by atomic mass is 16.5. The predicted octanol–water partition coefficient (Wildman–Crippen LogP) is 3.79. The fraction of sp³-hybridized carbons (Fsp3) is 0.0870. The first-order valence-electron chi connectivity index (χ1n) is 8.95. The van der Waals surface area contributed by atoms with E-state index in [2.05, 4.69) is 10.3 Å². The molecule has 6 nitrogen and oxygen atoms in total. The van der Waals surface area contributed by atoms with E-state index in [1.807, 2.05) is 6.07 Å². The van der Waals surface area contributed by atoms with Gasteiger partial charge in [0.2, 0.25) is 0 Å². The van der Waals surface area contributed by atoms with Gasteiger partial charge in [-0.25, -0.2) is 4.79 Å². The van der Waals surface area contributed by atoms with E-state index in [4.69, 9.17) is 4.74 Å². The van der Waals surface area contributed by atoms with Crippen molar-refractivity contribution in [3.63, 3.8) is 0 Å². The number of esters is 1. The minimum atomic E-state index is -0.941. The highest BCUT2D eigenvalue weighted by Crippen LogP contribution is 2.22. The number of phenols is 1. The van der Waals surface area contributed by atoms with Crippen LogP contribution in [0.25, 0.3) is 0 Å². The number of carbonyl (C=O) groups is 2. The van der Waals surface area contributed by atoms with Crippen LogP contribution in [0, 0.1) is 0 Å². The summed E-state index contributed by atoms with van der Waals surface area (Å²) in [6.07, 6.45) is 1.48. The molecule has 146 valence electrons. The van der Waals surface area contributed by atoms with Crippen molar-refractivity contribution >= 4 is 23.8 Å². The van der Waals surface area contributed by atoms with Crippen LogP contribution in [-0.4, -0.2) is 30.3 Å². The summed E-state index contributed by atoms with van der Waals surface area (Å²) in [5, 5.41) is 12.6. The summed E-state index contributed by atoms with van der Waals surface area (Å²) in [6.45, 7) is 0. The van der Waals surface area contributed by atoms with Crippen molar-refractivity contribution < 1.29 is 19.4 Å². The van der Waals surface area contributed by atoms with Gasteiger partial charge in [0.05, 0.1) is 18.4 Å². The number of hydrogen-bond acceptors (Lipinski definition) is 5. The number of rotatable bonds is 6. The van der Waals surface area contributed by atoms with Crippen molar-refractivity contribution in [2.45, 2.75) is 6.04 Å². The molecule has 0 aromatic heterocycles. The third-order valence-electron chi connectivity index (χ3n) is 4.27. The fourth-order valence-electron chi connectivity index (χ4n) is 2.76. The van der Waals surface area contributed by atoms with Gasteiger partial charge in [-0.2, -0.15) is 0 Å². The average Bonchev–Trinajstić information content (AvgIpc) is 2.77. The molecule has 1 atom stereocenters. The van der Waals surface area contributed by atoms with Gasteiger partial charge in [-0.1, -0.05) is 54.6 Å². The zero-order valence-electron chi connectivity index (χ0n) is 15.8. The number of aromatic hydroxyl groups is 1. The number of methoxy groups -OCH3 is 1. The third-order valence-corrected chi connectivity index (χ3v) is 4.27. The van der Waals surface area contributed by atoms with E-state index in [-0.39, 0.29) is 5.75 Å². The predicted molar refractivity (Wildman–Crippen MR) is 110 cm³/mol. The zero-order valence-corrected chi connectivity index (χ0v) is 15.8. The van der Waals surface area contributed by atoms with Crippen LogP contribution >= 0.6 is 0 Å². The minimum Gasteiger partial charge on any atom is -0.507 e. The van der Waals surface area contributed by atoms with Crippen molar-refractivity contribution in [3.8, 4) is 5.75 Å². The van der Waals surface area contributed by atoms with Crippen LogP contribution in [0.4, 0.5) is 5.69 Å². The van der Waals surface area contributed by atoms with Crippen LogP contribution in [0.15, 0.2) is 83.9 Å². The molecule has 2 N–H and O–H groups in total. The maximum absolute atomic E-state index is 12.9. The number of amides is 1. The van der Waals surface area contributed by atoms with E-state index in [1.165, 1.54) is 13.3 Å². The van der Waals surface area contributed by atoms with Crippen LogP contribution < -0.4 is 5.32 Å². The molecular formula is C23H20N2O4. The Morgan fingerprint density at radius 1 is 0.966 bits per heavy atom. The topological polar surface area (TPSA) is 88.0 Å². The molecule has 0 aliphatic heterocycles. The first-order valence-corrected chi connectivity index (χ1v) is 8.95. The Bertz CT molecular complexity index is 1030. The van der Waals surface area contributed by atoms with E-state index >= 15 is 0 Å². The van der Waals surface area contributed by atoms with E-state index in [1.54, 1.807) is 72.8 Å². The van der Waals surface area contributed by atoms with Crippen molar-refractivity contribution in [1.29, 1.82) is 0 Å². The number of para-hydroxylation sites is 2. The Balaban J connectivity index is 1.87. The molecule has 0 fully saturated rings. The van der Waals surface area contributed by atoms with Gasteiger partial charge in [0.1, 0.15) is 5.75 Å². The minimum absolute atomic E-state index is 0.0908. The normalized spacial score (nSPS) is 11.8. The Labute approximate surface area is 168 Å². The maximum atomic E-state index is 12.9. The molecule has 0 aliphatic carbocycles. The standard InChI is InChI=1S/C23H20N2O4/c1-29-23(28)21(16-9-3-2-4-10-16)25-22(27)18-12-6-7-13-19(18)24-15-17-11-5-8-14-20(17)26/h2-15,21,26H,1H3,(H,25,27)/t21-/m1/s1. The summed E-state index contributed by atoms with van der Waals surface area (Å²) in [6, 6.07) is 21.4. The largest absolute Gasteiger partial charge is 0.507 e. The van der Waals surface area contributed by atoms with Crippen molar-refractivity contribution in [2.75, 3.05) is 7.11 Å². The monoisotopic (exact) mass is 388 g/mol. The van der Waals surface area contributed by atoms with Crippen LogP contribution in [0.2, 0.25) is 0 Å². The van der Waals surface area contributed by atoms with Gasteiger partial charge in [0, 0.05) is 11.8 Å². The molecule has 0 saturated heterocycles. The number of hydrogen-bond donors (Lipinski definition) is 2. The van der Waals surface area contributed by atoms with Crippen LogP contribution in [-0.2, 0) is 9.53 Å². The number of nitrogens with one attached hydrogen (secondary N) is 1. The molecule has 3 aromatic carbocycles. The second-order valence-corrected chi connectivity index (χ2v) is 6.17. The smallest absolute Gasteiger partial charge is 0.333 e. The van der Waals surface area contributed by atoms with E-state index in [9.17, 15) is 14.7 Å². The lowest BCUT2D eigenvalue weighted by Crippen LogP contribution is -2.34. The summed E-state index contributed by atoms with van der Waals surface area (Å²) >= 11 is 0. The summed E-state index contributed by atoms with van der Waals surface area (Å²) in [5.41, 5.74) is 1.84. The molecule has 29 heavy (non-hydrogen) atoms.